The van der Waals surface area contributed by atoms with Crippen molar-refractivity contribution < 1.29 is 22.7 Å². The number of carbonyl (C=O) groups is 1. The lowest BCUT2D eigenvalue weighted by atomic mass is 9.85. The molecule has 0 saturated heterocycles. The molecule has 104 valence electrons. The van der Waals surface area contributed by atoms with Crippen LogP contribution < -0.4 is 10.1 Å². The average Bonchev–Trinajstić information content (AvgIpc) is 2.29. The maximum atomic E-state index is 13.2. The van der Waals surface area contributed by atoms with Gasteiger partial charge in [-0.05, 0) is 37.0 Å². The van der Waals surface area contributed by atoms with Crippen LogP contribution in [0.2, 0.25) is 0 Å². The van der Waals surface area contributed by atoms with Crippen molar-refractivity contribution >= 4 is 5.91 Å². The zero-order chi connectivity index (χ0) is 13.8. The van der Waals surface area contributed by atoms with Crippen LogP contribution in [0, 0.1) is 11.7 Å². The quantitative estimate of drug-likeness (QED) is 0.895. The lowest BCUT2D eigenvalue weighted by molar-refractivity contribution is -0.0522. The zero-order valence-electron chi connectivity index (χ0n) is 10.2. The number of nitrogens with one attached hydrogen (secondary N) is 1. The van der Waals surface area contributed by atoms with E-state index in [0.29, 0.717) is 12.5 Å². The molecular weight excluding hydrogens is 259 g/mol. The Morgan fingerprint density at radius 3 is 2.74 bits per heavy atom. The summed E-state index contributed by atoms with van der Waals surface area (Å²) in [5.74, 6) is -1.46. The standard InChI is InChI=1S/C13H14F3NO2/c14-10-5-4-9(6-11(10)19-13(15)16)12(18)17-7-8-2-1-3-8/h4-6,8,13H,1-3,7H2,(H,17,18). The molecule has 2 rings (SSSR count). The maximum absolute atomic E-state index is 13.2. The van der Waals surface area contributed by atoms with Crippen molar-refractivity contribution in [2.24, 2.45) is 5.92 Å². The number of rotatable bonds is 5. The maximum Gasteiger partial charge on any atom is 0.387 e. The summed E-state index contributed by atoms with van der Waals surface area (Å²) in [5.41, 5.74) is 0.108. The van der Waals surface area contributed by atoms with Crippen molar-refractivity contribution in [2.45, 2.75) is 25.9 Å². The predicted molar refractivity (Wildman–Crippen MR) is 62.7 cm³/mol. The minimum Gasteiger partial charge on any atom is -0.432 e. The van der Waals surface area contributed by atoms with Gasteiger partial charge < -0.3 is 10.1 Å². The minimum absolute atomic E-state index is 0.108. The predicted octanol–water partition coefficient (Wildman–Crippen LogP) is 2.96. The zero-order valence-corrected chi connectivity index (χ0v) is 10.2. The molecule has 1 saturated carbocycles. The van der Waals surface area contributed by atoms with E-state index in [1.807, 2.05) is 0 Å². The van der Waals surface area contributed by atoms with Crippen LogP contribution in [-0.2, 0) is 0 Å². The van der Waals surface area contributed by atoms with Crippen LogP contribution >= 0.6 is 0 Å². The van der Waals surface area contributed by atoms with Gasteiger partial charge in [-0.3, -0.25) is 4.79 Å². The Balaban J connectivity index is 1.99. The van der Waals surface area contributed by atoms with Gasteiger partial charge in [-0.1, -0.05) is 6.42 Å². The Hall–Kier alpha value is -1.72. The number of halogens is 3. The molecule has 1 aromatic carbocycles. The molecular formula is C13H14F3NO2. The van der Waals surface area contributed by atoms with Gasteiger partial charge in [0.25, 0.3) is 5.91 Å². The van der Waals surface area contributed by atoms with Crippen molar-refractivity contribution in [2.75, 3.05) is 6.54 Å². The molecule has 3 nitrogen and oxygen atoms in total. The first-order valence-corrected chi connectivity index (χ1v) is 6.09. The van der Waals surface area contributed by atoms with Gasteiger partial charge in [0.15, 0.2) is 11.6 Å². The molecule has 6 heteroatoms. The molecule has 1 aliphatic rings. The van der Waals surface area contributed by atoms with E-state index in [0.717, 1.165) is 25.0 Å². The Morgan fingerprint density at radius 1 is 1.42 bits per heavy atom. The van der Waals surface area contributed by atoms with Crippen molar-refractivity contribution in [3.8, 4) is 5.75 Å². The van der Waals surface area contributed by atoms with Crippen LogP contribution in [0.5, 0.6) is 5.75 Å². The Labute approximate surface area is 108 Å². The number of hydrogen-bond acceptors (Lipinski definition) is 2. The van der Waals surface area contributed by atoms with Crippen LogP contribution in [0.4, 0.5) is 13.2 Å². The summed E-state index contributed by atoms with van der Waals surface area (Å²) in [7, 11) is 0. The third-order valence-electron chi connectivity index (χ3n) is 3.19. The molecule has 0 atom stereocenters. The van der Waals surface area contributed by atoms with E-state index in [4.69, 9.17) is 0 Å². The van der Waals surface area contributed by atoms with Gasteiger partial charge in [-0.2, -0.15) is 8.78 Å². The third kappa shape index (κ3) is 3.62. The highest BCUT2D eigenvalue weighted by Gasteiger charge is 2.19. The number of benzene rings is 1. The SMILES string of the molecule is O=C(NCC1CCC1)c1ccc(F)c(OC(F)F)c1. The number of amides is 1. The third-order valence-corrected chi connectivity index (χ3v) is 3.19. The summed E-state index contributed by atoms with van der Waals surface area (Å²) >= 11 is 0. The summed E-state index contributed by atoms with van der Waals surface area (Å²) in [5, 5.41) is 2.70. The molecule has 1 aliphatic carbocycles. The smallest absolute Gasteiger partial charge is 0.387 e. The summed E-state index contributed by atoms with van der Waals surface area (Å²) in [4.78, 5) is 11.8. The normalized spacial score (nSPS) is 15.2. The first kappa shape index (κ1) is 13.7. The van der Waals surface area contributed by atoms with E-state index in [2.05, 4.69) is 10.1 Å². The van der Waals surface area contributed by atoms with E-state index in [9.17, 15) is 18.0 Å². The Kier molecular flexibility index (Phi) is 4.29. The van der Waals surface area contributed by atoms with Crippen molar-refractivity contribution in [3.63, 3.8) is 0 Å². The van der Waals surface area contributed by atoms with Gasteiger partial charge >= 0.3 is 6.61 Å². The Bertz CT molecular complexity index is 461. The van der Waals surface area contributed by atoms with Gasteiger partial charge in [-0.15, -0.1) is 0 Å². The number of hydrogen-bond donors (Lipinski definition) is 1. The molecule has 0 aromatic heterocycles. The molecule has 0 bridgehead atoms. The monoisotopic (exact) mass is 273 g/mol. The van der Waals surface area contributed by atoms with Crippen LogP contribution in [0.15, 0.2) is 18.2 Å². The largest absolute Gasteiger partial charge is 0.432 e. The Morgan fingerprint density at radius 2 is 2.16 bits per heavy atom. The second kappa shape index (κ2) is 5.95. The average molecular weight is 273 g/mol. The minimum atomic E-state index is -3.12. The van der Waals surface area contributed by atoms with Crippen LogP contribution in [0.1, 0.15) is 29.6 Å². The lowest BCUT2D eigenvalue weighted by Gasteiger charge is -2.25. The summed E-state index contributed by atoms with van der Waals surface area (Å²) in [6.07, 6.45) is 3.34. The first-order chi connectivity index (χ1) is 9.06. The number of carbonyl (C=O) groups excluding carboxylic acids is 1. The van der Waals surface area contributed by atoms with Gasteiger partial charge in [0.1, 0.15) is 0 Å². The summed E-state index contributed by atoms with van der Waals surface area (Å²) in [6, 6.07) is 3.16. The van der Waals surface area contributed by atoms with Gasteiger partial charge in [0.2, 0.25) is 0 Å². The highest BCUT2D eigenvalue weighted by Crippen LogP contribution is 2.25. The summed E-state index contributed by atoms with van der Waals surface area (Å²) < 4.78 is 41.3. The highest BCUT2D eigenvalue weighted by atomic mass is 19.3. The van der Waals surface area contributed by atoms with E-state index >= 15 is 0 Å². The number of alkyl halides is 2. The molecule has 0 heterocycles. The molecule has 1 amide bonds. The lowest BCUT2D eigenvalue weighted by Crippen LogP contribution is -2.32. The highest BCUT2D eigenvalue weighted by molar-refractivity contribution is 5.94. The van der Waals surface area contributed by atoms with Crippen molar-refractivity contribution in [1.29, 1.82) is 0 Å². The van der Waals surface area contributed by atoms with E-state index in [1.54, 1.807) is 0 Å². The molecule has 0 aliphatic heterocycles. The molecule has 0 spiro atoms. The molecule has 0 radical (unpaired) electrons. The number of ether oxygens (including phenoxy) is 1. The van der Waals surface area contributed by atoms with Gasteiger partial charge in [0, 0.05) is 12.1 Å². The van der Waals surface area contributed by atoms with Crippen molar-refractivity contribution in [3.05, 3.63) is 29.6 Å². The van der Waals surface area contributed by atoms with Gasteiger partial charge in [0.05, 0.1) is 0 Å². The van der Waals surface area contributed by atoms with Gasteiger partial charge in [-0.25, -0.2) is 4.39 Å². The van der Waals surface area contributed by atoms with Crippen LogP contribution in [0.3, 0.4) is 0 Å². The van der Waals surface area contributed by atoms with E-state index in [-0.39, 0.29) is 5.56 Å². The van der Waals surface area contributed by atoms with E-state index in [1.165, 1.54) is 12.5 Å². The van der Waals surface area contributed by atoms with E-state index < -0.39 is 24.1 Å². The first-order valence-electron chi connectivity index (χ1n) is 6.09. The fraction of sp³-hybridized carbons (Fsp3) is 0.462. The second-order valence-corrected chi connectivity index (χ2v) is 4.53. The molecule has 1 fully saturated rings. The van der Waals surface area contributed by atoms with Crippen LogP contribution in [0.25, 0.3) is 0 Å². The molecule has 1 N–H and O–H groups in total. The molecule has 1 aromatic rings. The topological polar surface area (TPSA) is 38.3 Å². The fourth-order valence-electron chi connectivity index (χ4n) is 1.87. The van der Waals surface area contributed by atoms with Crippen LogP contribution in [-0.4, -0.2) is 19.1 Å². The van der Waals surface area contributed by atoms with Crippen molar-refractivity contribution in [1.82, 2.24) is 5.32 Å². The fourth-order valence-corrected chi connectivity index (χ4v) is 1.87. The molecule has 0 unspecified atom stereocenters. The molecule has 19 heavy (non-hydrogen) atoms. The second-order valence-electron chi connectivity index (χ2n) is 4.53. The summed E-state index contributed by atoms with van der Waals surface area (Å²) in [6.45, 7) is -2.57.